The van der Waals surface area contributed by atoms with Crippen molar-refractivity contribution in [1.82, 2.24) is 0 Å². The Bertz CT molecular complexity index is 287. The summed E-state index contributed by atoms with van der Waals surface area (Å²) in [4.78, 5) is 11.9. The number of hydrogen-bond donors (Lipinski definition) is 1. The van der Waals surface area contributed by atoms with Crippen molar-refractivity contribution in [3.63, 3.8) is 0 Å². The summed E-state index contributed by atoms with van der Waals surface area (Å²) in [6.07, 6.45) is 0. The fourth-order valence-electron chi connectivity index (χ4n) is 0.890. The van der Waals surface area contributed by atoms with E-state index in [-0.39, 0.29) is 6.61 Å². The minimum atomic E-state index is -1.14. The fraction of sp³-hybridized carbons (Fsp3) is 0.300. The van der Waals surface area contributed by atoms with Gasteiger partial charge in [-0.05, 0) is 19.1 Å². The van der Waals surface area contributed by atoms with E-state index in [1.165, 1.54) is 0 Å². The number of esters is 1. The van der Waals surface area contributed by atoms with Crippen LogP contribution >= 0.6 is 11.8 Å². The molecule has 3 nitrogen and oxygen atoms in total. The molecule has 1 aromatic rings. The zero-order valence-corrected chi connectivity index (χ0v) is 8.66. The summed E-state index contributed by atoms with van der Waals surface area (Å²) in [5.74, 6) is -0.596. The number of thioether (sulfide) groups is 1. The van der Waals surface area contributed by atoms with Crippen molar-refractivity contribution >= 4 is 17.7 Å². The van der Waals surface area contributed by atoms with Crippen molar-refractivity contribution in [2.45, 2.75) is 17.3 Å². The number of hydrogen-bond acceptors (Lipinski definition) is 4. The molecule has 0 aliphatic carbocycles. The highest BCUT2D eigenvalue weighted by Gasteiger charge is 2.16. The van der Waals surface area contributed by atoms with Gasteiger partial charge in [0, 0.05) is 4.90 Å². The van der Waals surface area contributed by atoms with Gasteiger partial charge in [0.15, 0.2) is 0 Å². The first-order chi connectivity index (χ1) is 6.74. The molecule has 1 aromatic carbocycles. The van der Waals surface area contributed by atoms with Crippen LogP contribution in [0.25, 0.3) is 0 Å². The number of ether oxygens (including phenoxy) is 1. The van der Waals surface area contributed by atoms with E-state index in [1.54, 1.807) is 6.92 Å². The molecule has 0 heterocycles. The predicted molar refractivity (Wildman–Crippen MR) is 54.9 cm³/mol. The molecule has 76 valence electrons. The minimum absolute atomic E-state index is 0.283. The standard InChI is InChI=1S/C10H12O3S/c1-2-13-9(11)10(12)14-8-6-4-3-5-7-8/h3-7,10,12H,2H2,1H3. The average molecular weight is 212 g/mol. The number of aliphatic hydroxyl groups is 1. The molecular weight excluding hydrogens is 200 g/mol. The van der Waals surface area contributed by atoms with Crippen LogP contribution in [0, 0.1) is 0 Å². The number of aliphatic hydroxyl groups excluding tert-OH is 1. The molecular formula is C10H12O3S. The smallest absolute Gasteiger partial charge is 0.345 e. The van der Waals surface area contributed by atoms with E-state index in [1.807, 2.05) is 30.3 Å². The SMILES string of the molecule is CCOC(=O)C(O)Sc1ccccc1. The molecule has 0 radical (unpaired) electrons. The second kappa shape index (κ2) is 5.67. The van der Waals surface area contributed by atoms with E-state index in [0.29, 0.717) is 0 Å². The largest absolute Gasteiger partial charge is 0.463 e. The lowest BCUT2D eigenvalue weighted by molar-refractivity contribution is -0.148. The van der Waals surface area contributed by atoms with Gasteiger partial charge in [-0.3, -0.25) is 0 Å². The summed E-state index contributed by atoms with van der Waals surface area (Å²) in [6.45, 7) is 1.99. The molecule has 1 N–H and O–H groups in total. The maximum atomic E-state index is 11.1. The Kier molecular flexibility index (Phi) is 4.49. The Balaban J connectivity index is 2.49. The van der Waals surface area contributed by atoms with Crippen molar-refractivity contribution in [2.24, 2.45) is 0 Å². The quantitative estimate of drug-likeness (QED) is 0.468. The average Bonchev–Trinajstić information content (AvgIpc) is 2.19. The van der Waals surface area contributed by atoms with E-state index in [0.717, 1.165) is 16.7 Å². The van der Waals surface area contributed by atoms with Gasteiger partial charge < -0.3 is 9.84 Å². The van der Waals surface area contributed by atoms with Crippen LogP contribution in [0.15, 0.2) is 35.2 Å². The molecule has 1 atom stereocenters. The van der Waals surface area contributed by atoms with Crippen LogP contribution in [0.4, 0.5) is 0 Å². The predicted octanol–water partition coefficient (Wildman–Crippen LogP) is 1.66. The molecule has 1 unspecified atom stereocenters. The molecule has 0 bridgehead atoms. The van der Waals surface area contributed by atoms with Gasteiger partial charge in [0.2, 0.25) is 5.44 Å². The van der Waals surface area contributed by atoms with Gasteiger partial charge >= 0.3 is 5.97 Å². The van der Waals surface area contributed by atoms with Crippen molar-refractivity contribution in [2.75, 3.05) is 6.61 Å². The summed E-state index contributed by atoms with van der Waals surface area (Å²) in [7, 11) is 0. The van der Waals surface area contributed by atoms with E-state index in [9.17, 15) is 9.90 Å². The van der Waals surface area contributed by atoms with Crippen LogP contribution < -0.4 is 0 Å². The summed E-state index contributed by atoms with van der Waals surface area (Å²) in [5.41, 5.74) is -1.14. The number of benzene rings is 1. The summed E-state index contributed by atoms with van der Waals surface area (Å²) < 4.78 is 4.67. The van der Waals surface area contributed by atoms with Crippen LogP contribution in [0.3, 0.4) is 0 Å². The highest BCUT2D eigenvalue weighted by molar-refractivity contribution is 8.00. The van der Waals surface area contributed by atoms with Gasteiger partial charge in [0.05, 0.1) is 6.61 Å². The lowest BCUT2D eigenvalue weighted by Crippen LogP contribution is -2.19. The van der Waals surface area contributed by atoms with Crippen molar-refractivity contribution in [3.8, 4) is 0 Å². The van der Waals surface area contributed by atoms with E-state index < -0.39 is 11.4 Å². The summed E-state index contributed by atoms with van der Waals surface area (Å²) in [6, 6.07) is 9.22. The van der Waals surface area contributed by atoms with Gasteiger partial charge in [0.25, 0.3) is 0 Å². The van der Waals surface area contributed by atoms with Crippen LogP contribution in [0.1, 0.15) is 6.92 Å². The molecule has 0 fully saturated rings. The fourth-order valence-corrected chi connectivity index (χ4v) is 1.63. The van der Waals surface area contributed by atoms with Gasteiger partial charge in [-0.15, -0.1) is 0 Å². The molecule has 0 aliphatic rings. The normalized spacial score (nSPS) is 12.1. The monoisotopic (exact) mass is 212 g/mol. The Morgan fingerprint density at radius 3 is 2.71 bits per heavy atom. The first kappa shape index (κ1) is 11.1. The molecule has 0 aliphatic heterocycles. The highest BCUT2D eigenvalue weighted by Crippen LogP contribution is 2.21. The number of carbonyl (C=O) groups excluding carboxylic acids is 1. The highest BCUT2D eigenvalue weighted by atomic mass is 32.2. The number of rotatable bonds is 4. The second-order valence-corrected chi connectivity index (χ2v) is 3.69. The van der Waals surface area contributed by atoms with Gasteiger partial charge in [0.1, 0.15) is 0 Å². The third-order valence-corrected chi connectivity index (χ3v) is 2.44. The third kappa shape index (κ3) is 3.40. The van der Waals surface area contributed by atoms with Crippen LogP contribution in [0.2, 0.25) is 0 Å². The Morgan fingerprint density at radius 1 is 1.50 bits per heavy atom. The molecule has 0 spiro atoms. The minimum Gasteiger partial charge on any atom is -0.463 e. The first-order valence-corrected chi connectivity index (χ1v) is 5.18. The maximum absolute atomic E-state index is 11.1. The Hall–Kier alpha value is -1.00. The molecule has 0 saturated heterocycles. The van der Waals surface area contributed by atoms with E-state index in [2.05, 4.69) is 4.74 Å². The van der Waals surface area contributed by atoms with E-state index >= 15 is 0 Å². The zero-order chi connectivity index (χ0) is 10.4. The van der Waals surface area contributed by atoms with Gasteiger partial charge in [-0.1, -0.05) is 30.0 Å². The second-order valence-electron chi connectivity index (χ2n) is 2.54. The third-order valence-electron chi connectivity index (χ3n) is 1.48. The van der Waals surface area contributed by atoms with Gasteiger partial charge in [-0.2, -0.15) is 0 Å². The zero-order valence-electron chi connectivity index (χ0n) is 7.84. The van der Waals surface area contributed by atoms with Crippen molar-refractivity contribution < 1.29 is 14.6 Å². The van der Waals surface area contributed by atoms with Crippen molar-refractivity contribution in [1.29, 1.82) is 0 Å². The van der Waals surface area contributed by atoms with Gasteiger partial charge in [-0.25, -0.2) is 4.79 Å². The summed E-state index contributed by atoms with van der Waals surface area (Å²) in [5, 5.41) is 9.39. The first-order valence-electron chi connectivity index (χ1n) is 4.30. The number of carbonyl (C=O) groups is 1. The molecule has 0 amide bonds. The maximum Gasteiger partial charge on any atom is 0.345 e. The lowest BCUT2D eigenvalue weighted by Gasteiger charge is -2.08. The Morgan fingerprint density at radius 2 is 2.14 bits per heavy atom. The molecule has 0 aromatic heterocycles. The van der Waals surface area contributed by atoms with Crippen LogP contribution in [-0.2, 0) is 9.53 Å². The van der Waals surface area contributed by atoms with E-state index in [4.69, 9.17) is 0 Å². The molecule has 14 heavy (non-hydrogen) atoms. The van der Waals surface area contributed by atoms with Crippen LogP contribution in [0.5, 0.6) is 0 Å². The molecule has 4 heteroatoms. The topological polar surface area (TPSA) is 46.5 Å². The molecule has 0 saturated carbocycles. The lowest BCUT2D eigenvalue weighted by atomic mass is 10.4. The van der Waals surface area contributed by atoms with Crippen LogP contribution in [-0.4, -0.2) is 23.1 Å². The molecule has 1 rings (SSSR count). The summed E-state index contributed by atoms with van der Waals surface area (Å²) >= 11 is 1.07. The van der Waals surface area contributed by atoms with Crippen molar-refractivity contribution in [3.05, 3.63) is 30.3 Å². The Labute approximate surface area is 87.1 Å².